The van der Waals surface area contributed by atoms with Crippen LogP contribution in [0.5, 0.6) is 23.0 Å². The summed E-state index contributed by atoms with van der Waals surface area (Å²) in [6.07, 6.45) is 0. The molecule has 0 radical (unpaired) electrons. The molecule has 0 amide bonds. The zero-order chi connectivity index (χ0) is 17.8. The van der Waals surface area contributed by atoms with Crippen LogP contribution in [0.4, 0.5) is 11.4 Å². The number of benzene rings is 3. The Hall–Kier alpha value is -3.03. The van der Waals surface area contributed by atoms with Crippen LogP contribution in [0.25, 0.3) is 0 Å². The number of rotatable bonds is 5. The maximum atomic E-state index is 11.6. The average Bonchev–Trinajstić information content (AvgIpc) is 2.62. The lowest BCUT2D eigenvalue weighted by atomic mass is 10.2. The molecule has 1 atom stereocenters. The highest BCUT2D eigenvalue weighted by Gasteiger charge is 2.20. The fourth-order valence-corrected chi connectivity index (χ4v) is 2.69. The SMILES string of the molecule is Nc1cc(S(=O)[O-])c(Oc2ccccc2)c(Oc2ccccc2)c1N. The third kappa shape index (κ3) is 3.73. The monoisotopic (exact) mass is 355 g/mol. The van der Waals surface area contributed by atoms with Crippen LogP contribution >= 0.6 is 0 Å². The first-order valence-electron chi connectivity index (χ1n) is 7.33. The Labute approximate surface area is 147 Å². The fraction of sp³-hybridized carbons (Fsp3) is 0. The van der Waals surface area contributed by atoms with Gasteiger partial charge in [0.2, 0.25) is 0 Å². The average molecular weight is 355 g/mol. The van der Waals surface area contributed by atoms with Crippen LogP contribution in [0.2, 0.25) is 0 Å². The normalized spacial score (nSPS) is 11.7. The highest BCUT2D eigenvalue weighted by Crippen LogP contribution is 2.46. The minimum absolute atomic E-state index is 0.0184. The molecule has 25 heavy (non-hydrogen) atoms. The van der Waals surface area contributed by atoms with Crippen molar-refractivity contribution in [3.8, 4) is 23.0 Å². The van der Waals surface area contributed by atoms with Crippen molar-refractivity contribution in [2.75, 3.05) is 11.5 Å². The molecule has 0 fully saturated rings. The highest BCUT2D eigenvalue weighted by atomic mass is 32.2. The van der Waals surface area contributed by atoms with E-state index in [2.05, 4.69) is 0 Å². The number of nitrogen functional groups attached to an aromatic ring is 2. The fourth-order valence-electron chi connectivity index (χ4n) is 2.18. The second-order valence-corrected chi connectivity index (χ2v) is 6.01. The molecule has 0 aromatic heterocycles. The van der Waals surface area contributed by atoms with E-state index in [9.17, 15) is 8.76 Å². The molecule has 0 spiro atoms. The van der Waals surface area contributed by atoms with E-state index in [0.717, 1.165) is 0 Å². The van der Waals surface area contributed by atoms with Gasteiger partial charge in [0.05, 0.1) is 10.6 Å². The topological polar surface area (TPSA) is 111 Å². The van der Waals surface area contributed by atoms with E-state index in [0.29, 0.717) is 11.5 Å². The van der Waals surface area contributed by atoms with Gasteiger partial charge in [-0.05, 0) is 41.4 Å². The Balaban J connectivity index is 2.14. The van der Waals surface area contributed by atoms with E-state index in [-0.39, 0.29) is 27.8 Å². The van der Waals surface area contributed by atoms with E-state index in [1.54, 1.807) is 48.5 Å². The maximum Gasteiger partial charge on any atom is 0.196 e. The lowest BCUT2D eigenvalue weighted by molar-refractivity contribution is 0.409. The third-order valence-electron chi connectivity index (χ3n) is 3.38. The first-order chi connectivity index (χ1) is 12.1. The molecule has 0 saturated heterocycles. The van der Waals surface area contributed by atoms with Gasteiger partial charge in [-0.25, -0.2) is 0 Å². The van der Waals surface area contributed by atoms with Gasteiger partial charge in [0.1, 0.15) is 17.2 Å². The van der Waals surface area contributed by atoms with Crippen LogP contribution in [0, 0.1) is 0 Å². The van der Waals surface area contributed by atoms with Gasteiger partial charge in [-0.2, -0.15) is 0 Å². The second kappa shape index (κ2) is 7.25. The summed E-state index contributed by atoms with van der Waals surface area (Å²) in [5.74, 6) is 0.945. The summed E-state index contributed by atoms with van der Waals surface area (Å²) in [7, 11) is 0. The number of hydrogen-bond donors (Lipinski definition) is 2. The van der Waals surface area contributed by atoms with Gasteiger partial charge < -0.3 is 25.5 Å². The standard InChI is InChI=1S/C18H16N2O4S/c19-14-11-15(25(21)22)17(23-12-7-3-1-4-8-12)18(16(14)20)24-13-9-5-2-6-10-13/h1-11H,19-20H2,(H,21,22)/p-1. The molecule has 0 saturated carbocycles. The molecule has 3 aromatic carbocycles. The van der Waals surface area contributed by atoms with Crippen molar-refractivity contribution in [1.82, 2.24) is 0 Å². The highest BCUT2D eigenvalue weighted by molar-refractivity contribution is 7.79. The van der Waals surface area contributed by atoms with Crippen molar-refractivity contribution in [1.29, 1.82) is 0 Å². The molecule has 7 heteroatoms. The molecule has 0 heterocycles. The van der Waals surface area contributed by atoms with Crippen molar-refractivity contribution in [2.45, 2.75) is 4.90 Å². The van der Waals surface area contributed by atoms with Crippen molar-refractivity contribution in [3.05, 3.63) is 66.7 Å². The Morgan fingerprint density at radius 1 is 0.800 bits per heavy atom. The van der Waals surface area contributed by atoms with Gasteiger partial charge in [0, 0.05) is 0 Å². The van der Waals surface area contributed by atoms with Crippen molar-refractivity contribution < 1.29 is 18.2 Å². The summed E-state index contributed by atoms with van der Waals surface area (Å²) < 4.78 is 34.8. The molecular formula is C18H15N2O4S-. The summed E-state index contributed by atoms with van der Waals surface area (Å²) in [5, 5.41) is 0. The Morgan fingerprint density at radius 3 is 1.76 bits per heavy atom. The molecule has 0 aliphatic carbocycles. The van der Waals surface area contributed by atoms with E-state index >= 15 is 0 Å². The van der Waals surface area contributed by atoms with Crippen molar-refractivity contribution in [2.24, 2.45) is 0 Å². The van der Waals surface area contributed by atoms with Crippen LogP contribution in [0.15, 0.2) is 71.6 Å². The first-order valence-corrected chi connectivity index (χ1v) is 8.40. The molecule has 3 aromatic rings. The molecule has 3 rings (SSSR count). The van der Waals surface area contributed by atoms with E-state index in [4.69, 9.17) is 20.9 Å². The number of anilines is 2. The molecule has 4 N–H and O–H groups in total. The maximum absolute atomic E-state index is 11.6. The lowest BCUT2D eigenvalue weighted by Gasteiger charge is -2.20. The molecular weight excluding hydrogens is 340 g/mol. The van der Waals surface area contributed by atoms with Crippen molar-refractivity contribution in [3.63, 3.8) is 0 Å². The number of para-hydroxylation sites is 2. The molecule has 0 bridgehead atoms. The number of ether oxygens (including phenoxy) is 2. The van der Waals surface area contributed by atoms with Gasteiger partial charge in [0.25, 0.3) is 0 Å². The van der Waals surface area contributed by atoms with Gasteiger partial charge in [-0.15, -0.1) is 0 Å². The second-order valence-electron chi connectivity index (χ2n) is 5.10. The largest absolute Gasteiger partial charge is 0.768 e. The molecule has 6 nitrogen and oxygen atoms in total. The zero-order valence-electron chi connectivity index (χ0n) is 13.0. The summed E-state index contributed by atoms with van der Waals surface area (Å²) in [4.78, 5) is -0.138. The van der Waals surface area contributed by atoms with Gasteiger partial charge in [-0.3, -0.25) is 4.21 Å². The van der Waals surface area contributed by atoms with Gasteiger partial charge >= 0.3 is 0 Å². The minimum Gasteiger partial charge on any atom is -0.768 e. The minimum atomic E-state index is -2.59. The van der Waals surface area contributed by atoms with Crippen LogP contribution in [-0.4, -0.2) is 8.76 Å². The van der Waals surface area contributed by atoms with Crippen LogP contribution in [0.3, 0.4) is 0 Å². The van der Waals surface area contributed by atoms with E-state index in [1.807, 2.05) is 12.1 Å². The lowest BCUT2D eigenvalue weighted by Crippen LogP contribution is -2.04. The molecule has 128 valence electrons. The summed E-state index contributed by atoms with van der Waals surface area (Å²) in [6.45, 7) is 0. The van der Waals surface area contributed by atoms with Gasteiger partial charge in [0.15, 0.2) is 11.5 Å². The molecule has 0 aliphatic heterocycles. The van der Waals surface area contributed by atoms with E-state index < -0.39 is 11.1 Å². The summed E-state index contributed by atoms with van der Waals surface area (Å²) >= 11 is -2.59. The Morgan fingerprint density at radius 2 is 1.28 bits per heavy atom. The third-order valence-corrected chi connectivity index (χ3v) is 4.04. The van der Waals surface area contributed by atoms with E-state index in [1.165, 1.54) is 6.07 Å². The number of nitrogens with two attached hydrogens (primary N) is 2. The quantitative estimate of drug-likeness (QED) is 0.533. The number of hydrogen-bond acceptors (Lipinski definition) is 6. The van der Waals surface area contributed by atoms with Crippen LogP contribution in [-0.2, 0) is 11.1 Å². The molecule has 0 aliphatic rings. The van der Waals surface area contributed by atoms with Gasteiger partial charge in [-0.1, -0.05) is 36.4 Å². The Kier molecular flexibility index (Phi) is 4.87. The van der Waals surface area contributed by atoms with Crippen LogP contribution < -0.4 is 20.9 Å². The predicted molar refractivity (Wildman–Crippen MR) is 95.5 cm³/mol. The Bertz CT molecular complexity index is 902. The van der Waals surface area contributed by atoms with Crippen LogP contribution in [0.1, 0.15) is 0 Å². The molecule has 1 unspecified atom stereocenters. The first kappa shape index (κ1) is 16.8. The predicted octanol–water partition coefficient (Wildman–Crippen LogP) is 3.67. The summed E-state index contributed by atoms with van der Waals surface area (Å²) in [6, 6.07) is 18.8. The van der Waals surface area contributed by atoms with Crippen molar-refractivity contribution >= 4 is 22.5 Å². The smallest absolute Gasteiger partial charge is 0.196 e. The zero-order valence-corrected chi connectivity index (χ0v) is 13.9. The summed E-state index contributed by atoms with van der Waals surface area (Å²) in [5.41, 5.74) is 12.1.